The molecule has 2 atom stereocenters. The molecule has 2 rings (SSSR count). The van der Waals surface area contributed by atoms with Gasteiger partial charge in [-0.3, -0.25) is 0 Å². The van der Waals surface area contributed by atoms with Gasteiger partial charge in [0.2, 0.25) is 0 Å². The number of benzene rings is 1. The first-order chi connectivity index (χ1) is 8.72. The van der Waals surface area contributed by atoms with E-state index in [2.05, 4.69) is 44.3 Å². The second kappa shape index (κ2) is 6.32. The topological polar surface area (TPSA) is 30.5 Å². The summed E-state index contributed by atoms with van der Waals surface area (Å²) in [5.74, 6) is 0. The molecular weight excluding hydrogens is 226 g/mol. The van der Waals surface area contributed by atoms with Crippen LogP contribution in [0.2, 0.25) is 0 Å². The van der Waals surface area contributed by atoms with Gasteiger partial charge in [0, 0.05) is 0 Å². The molecule has 1 heterocycles. The fourth-order valence-electron chi connectivity index (χ4n) is 2.46. The zero-order chi connectivity index (χ0) is 13.0. The quantitative estimate of drug-likeness (QED) is 0.888. The minimum atomic E-state index is 0.110. The fraction of sp³-hybridized carbons (Fsp3) is 0.600. The smallest absolute Gasteiger partial charge is 0.100 e. The van der Waals surface area contributed by atoms with Crippen LogP contribution in [0.4, 0.5) is 0 Å². The van der Waals surface area contributed by atoms with Crippen LogP contribution in [0.25, 0.3) is 0 Å². The molecule has 1 N–H and O–H groups in total. The molecule has 1 aromatic carbocycles. The highest BCUT2D eigenvalue weighted by Gasteiger charge is 2.26. The molecule has 0 amide bonds. The summed E-state index contributed by atoms with van der Waals surface area (Å²) < 4.78 is 11.4. The molecule has 1 aromatic rings. The van der Waals surface area contributed by atoms with Gasteiger partial charge in [-0.15, -0.1) is 0 Å². The largest absolute Gasteiger partial charge is 0.376 e. The maximum absolute atomic E-state index is 5.85. The number of ether oxygens (including phenoxy) is 2. The summed E-state index contributed by atoms with van der Waals surface area (Å²) in [6, 6.07) is 6.80. The Labute approximate surface area is 109 Å². The number of aryl methyl sites for hydroxylation is 2. The fourth-order valence-corrected chi connectivity index (χ4v) is 2.46. The van der Waals surface area contributed by atoms with Crippen molar-refractivity contribution < 1.29 is 9.47 Å². The van der Waals surface area contributed by atoms with Crippen molar-refractivity contribution in [1.82, 2.24) is 5.32 Å². The average Bonchev–Trinajstić information content (AvgIpc) is 2.40. The van der Waals surface area contributed by atoms with Gasteiger partial charge in [-0.25, -0.2) is 0 Å². The van der Waals surface area contributed by atoms with E-state index in [9.17, 15) is 0 Å². The highest BCUT2D eigenvalue weighted by molar-refractivity contribution is 5.33. The van der Waals surface area contributed by atoms with E-state index in [-0.39, 0.29) is 12.1 Å². The third-order valence-electron chi connectivity index (χ3n) is 3.41. The molecule has 1 fully saturated rings. The monoisotopic (exact) mass is 249 g/mol. The van der Waals surface area contributed by atoms with E-state index < -0.39 is 0 Å². The Morgan fingerprint density at radius 3 is 2.83 bits per heavy atom. The highest BCUT2D eigenvalue weighted by atomic mass is 16.6. The molecule has 2 unspecified atom stereocenters. The van der Waals surface area contributed by atoms with Crippen molar-refractivity contribution in [2.24, 2.45) is 0 Å². The zero-order valence-electron chi connectivity index (χ0n) is 11.5. The van der Waals surface area contributed by atoms with Crippen LogP contribution in [0, 0.1) is 13.8 Å². The molecule has 0 bridgehead atoms. The zero-order valence-corrected chi connectivity index (χ0v) is 11.5. The summed E-state index contributed by atoms with van der Waals surface area (Å²) in [5.41, 5.74) is 3.92. The second-order valence-corrected chi connectivity index (χ2v) is 4.88. The molecule has 18 heavy (non-hydrogen) atoms. The van der Waals surface area contributed by atoms with Crippen LogP contribution >= 0.6 is 0 Å². The second-order valence-electron chi connectivity index (χ2n) is 4.88. The molecule has 0 aromatic heterocycles. The van der Waals surface area contributed by atoms with E-state index in [1.54, 1.807) is 0 Å². The summed E-state index contributed by atoms with van der Waals surface area (Å²) in [5, 5.41) is 3.53. The van der Waals surface area contributed by atoms with Crippen LogP contribution in [0.1, 0.15) is 29.7 Å². The van der Waals surface area contributed by atoms with Crippen molar-refractivity contribution in [1.29, 1.82) is 0 Å². The van der Waals surface area contributed by atoms with Crippen molar-refractivity contribution in [2.75, 3.05) is 26.4 Å². The van der Waals surface area contributed by atoms with Gasteiger partial charge in [-0.2, -0.15) is 0 Å². The summed E-state index contributed by atoms with van der Waals surface area (Å²) in [6.07, 6.45) is 0.110. The SMILES string of the molecule is CCNC(c1cc(C)ccc1C)C1COCCO1. The molecule has 100 valence electrons. The normalized spacial score (nSPS) is 21.8. The average molecular weight is 249 g/mol. The molecule has 3 heteroatoms. The molecule has 1 aliphatic heterocycles. The third-order valence-corrected chi connectivity index (χ3v) is 3.41. The van der Waals surface area contributed by atoms with E-state index in [1.807, 2.05) is 0 Å². The molecule has 0 spiro atoms. The van der Waals surface area contributed by atoms with Crippen molar-refractivity contribution in [2.45, 2.75) is 32.9 Å². The van der Waals surface area contributed by atoms with Gasteiger partial charge in [0.1, 0.15) is 6.10 Å². The lowest BCUT2D eigenvalue weighted by Gasteiger charge is -2.32. The van der Waals surface area contributed by atoms with Crippen molar-refractivity contribution in [3.05, 3.63) is 34.9 Å². The summed E-state index contributed by atoms with van der Waals surface area (Å²) in [4.78, 5) is 0. The molecule has 0 saturated carbocycles. The summed E-state index contributed by atoms with van der Waals surface area (Å²) in [7, 11) is 0. The first-order valence-electron chi connectivity index (χ1n) is 6.72. The minimum absolute atomic E-state index is 0.110. The molecule has 3 nitrogen and oxygen atoms in total. The number of hydrogen-bond donors (Lipinski definition) is 1. The lowest BCUT2D eigenvalue weighted by Crippen LogP contribution is -2.40. The Morgan fingerprint density at radius 1 is 1.33 bits per heavy atom. The van der Waals surface area contributed by atoms with Crippen molar-refractivity contribution >= 4 is 0 Å². The van der Waals surface area contributed by atoms with E-state index in [1.165, 1.54) is 16.7 Å². The van der Waals surface area contributed by atoms with Gasteiger partial charge in [-0.05, 0) is 31.5 Å². The van der Waals surface area contributed by atoms with Gasteiger partial charge in [0.25, 0.3) is 0 Å². The van der Waals surface area contributed by atoms with Gasteiger partial charge in [-0.1, -0.05) is 30.7 Å². The Morgan fingerprint density at radius 2 is 2.17 bits per heavy atom. The third kappa shape index (κ3) is 3.10. The minimum Gasteiger partial charge on any atom is -0.376 e. The predicted molar refractivity (Wildman–Crippen MR) is 72.9 cm³/mol. The van der Waals surface area contributed by atoms with Crippen molar-refractivity contribution in [3.63, 3.8) is 0 Å². The number of hydrogen-bond acceptors (Lipinski definition) is 3. The van der Waals surface area contributed by atoms with Crippen molar-refractivity contribution in [3.8, 4) is 0 Å². The van der Waals surface area contributed by atoms with Gasteiger partial charge in [0.05, 0.1) is 25.9 Å². The van der Waals surface area contributed by atoms with Gasteiger partial charge < -0.3 is 14.8 Å². The van der Waals surface area contributed by atoms with Gasteiger partial charge in [0.15, 0.2) is 0 Å². The van der Waals surface area contributed by atoms with E-state index in [0.717, 1.165) is 6.54 Å². The molecule has 0 aliphatic carbocycles. The highest BCUT2D eigenvalue weighted by Crippen LogP contribution is 2.25. The Kier molecular flexibility index (Phi) is 4.75. The van der Waals surface area contributed by atoms with Crippen LogP contribution in [-0.2, 0) is 9.47 Å². The van der Waals surface area contributed by atoms with E-state index >= 15 is 0 Å². The summed E-state index contributed by atoms with van der Waals surface area (Å²) >= 11 is 0. The molecule has 1 saturated heterocycles. The van der Waals surface area contributed by atoms with Crippen LogP contribution in [0.15, 0.2) is 18.2 Å². The maximum Gasteiger partial charge on any atom is 0.100 e. The number of nitrogens with one attached hydrogen (secondary N) is 1. The molecule has 1 aliphatic rings. The lowest BCUT2D eigenvalue weighted by atomic mass is 9.95. The first kappa shape index (κ1) is 13.5. The lowest BCUT2D eigenvalue weighted by molar-refractivity contribution is -0.102. The van der Waals surface area contributed by atoms with E-state index in [4.69, 9.17) is 9.47 Å². The maximum atomic E-state index is 5.85. The number of likely N-dealkylation sites (N-methyl/N-ethyl adjacent to an activating group) is 1. The Balaban J connectivity index is 2.24. The van der Waals surface area contributed by atoms with Crippen LogP contribution in [0.5, 0.6) is 0 Å². The van der Waals surface area contributed by atoms with Crippen LogP contribution in [0.3, 0.4) is 0 Å². The molecule has 0 radical (unpaired) electrons. The van der Waals surface area contributed by atoms with E-state index in [0.29, 0.717) is 19.8 Å². The summed E-state index contributed by atoms with van der Waals surface area (Å²) in [6.45, 7) is 9.41. The molecular formula is C15H23NO2. The first-order valence-corrected chi connectivity index (χ1v) is 6.72. The van der Waals surface area contributed by atoms with Gasteiger partial charge >= 0.3 is 0 Å². The standard InChI is InChI=1S/C15H23NO2/c1-4-16-15(14-10-17-7-8-18-14)13-9-11(2)5-6-12(13)3/h5-6,9,14-16H,4,7-8,10H2,1-3H3. The Hall–Kier alpha value is -0.900. The Bertz CT molecular complexity index is 386. The van der Waals surface area contributed by atoms with Crippen LogP contribution in [-0.4, -0.2) is 32.5 Å². The number of rotatable bonds is 4. The predicted octanol–water partition coefficient (Wildman–Crippen LogP) is 2.37. The van der Waals surface area contributed by atoms with Crippen LogP contribution < -0.4 is 5.32 Å².